The van der Waals surface area contributed by atoms with E-state index >= 15 is 0 Å². The van der Waals surface area contributed by atoms with Gasteiger partial charge in [0.05, 0.1) is 13.0 Å². The number of nitrogens with zero attached hydrogens (tertiary/aromatic N) is 2. The van der Waals surface area contributed by atoms with E-state index in [2.05, 4.69) is 5.32 Å². The van der Waals surface area contributed by atoms with Crippen LogP contribution in [0.15, 0.2) is 24.3 Å². The molecule has 1 heterocycles. The second kappa shape index (κ2) is 8.70. The first-order valence-electron chi connectivity index (χ1n) is 7.05. The van der Waals surface area contributed by atoms with Crippen molar-refractivity contribution in [1.82, 2.24) is 15.1 Å². The van der Waals surface area contributed by atoms with Crippen LogP contribution in [0.3, 0.4) is 0 Å². The molecule has 0 unspecified atom stereocenters. The van der Waals surface area contributed by atoms with Gasteiger partial charge in [-0.25, -0.2) is 4.39 Å². The van der Waals surface area contributed by atoms with Gasteiger partial charge in [-0.15, -0.1) is 12.4 Å². The predicted octanol–water partition coefficient (Wildman–Crippen LogP) is 0.680. The maximum Gasteiger partial charge on any atom is 0.236 e. The molecule has 122 valence electrons. The highest BCUT2D eigenvalue weighted by Gasteiger charge is 2.24. The molecule has 1 aliphatic rings. The summed E-state index contributed by atoms with van der Waals surface area (Å²) >= 11 is 0. The van der Waals surface area contributed by atoms with Crippen molar-refractivity contribution in [3.63, 3.8) is 0 Å². The number of halogens is 2. The molecule has 0 spiro atoms. The number of carbonyl (C=O) groups excluding carboxylic acids is 2. The van der Waals surface area contributed by atoms with Gasteiger partial charge in [-0.05, 0) is 18.7 Å². The van der Waals surface area contributed by atoms with Gasteiger partial charge in [0.2, 0.25) is 11.8 Å². The summed E-state index contributed by atoms with van der Waals surface area (Å²) in [6.45, 7) is 2.38. The molecule has 2 rings (SSSR count). The Morgan fingerprint density at radius 1 is 1.09 bits per heavy atom. The Bertz CT molecular complexity index is 519. The second-order valence-corrected chi connectivity index (χ2v) is 5.06. The molecule has 0 aromatic heterocycles. The Morgan fingerprint density at radius 3 is 2.18 bits per heavy atom. The zero-order valence-electron chi connectivity index (χ0n) is 12.5. The van der Waals surface area contributed by atoms with Crippen molar-refractivity contribution in [2.45, 2.75) is 6.42 Å². The molecular weight excluding hydrogens is 309 g/mol. The lowest BCUT2D eigenvalue weighted by atomic mass is 10.1. The van der Waals surface area contributed by atoms with Crippen LogP contribution in [0.4, 0.5) is 4.39 Å². The Hall–Kier alpha value is -1.66. The maximum atomic E-state index is 13.5. The van der Waals surface area contributed by atoms with Crippen molar-refractivity contribution >= 4 is 24.2 Å². The van der Waals surface area contributed by atoms with Gasteiger partial charge in [-0.3, -0.25) is 9.59 Å². The normalized spacial score (nSPS) is 14.5. The molecule has 1 saturated heterocycles. The van der Waals surface area contributed by atoms with Crippen molar-refractivity contribution in [3.8, 4) is 0 Å². The number of amides is 2. The first-order valence-corrected chi connectivity index (χ1v) is 7.05. The fourth-order valence-corrected chi connectivity index (χ4v) is 2.38. The van der Waals surface area contributed by atoms with Crippen molar-refractivity contribution in [1.29, 1.82) is 0 Å². The molecule has 7 heteroatoms. The SMILES string of the molecule is CNCC(=O)N1CCN(C(=O)Cc2ccccc2F)CC1.Cl. The molecule has 5 nitrogen and oxygen atoms in total. The summed E-state index contributed by atoms with van der Waals surface area (Å²) in [5.41, 5.74) is 0.413. The van der Waals surface area contributed by atoms with E-state index in [0.717, 1.165) is 0 Å². The first kappa shape index (κ1) is 18.4. The van der Waals surface area contributed by atoms with Crippen LogP contribution >= 0.6 is 12.4 Å². The minimum absolute atomic E-state index is 0. The van der Waals surface area contributed by atoms with Crippen molar-refractivity contribution < 1.29 is 14.0 Å². The molecule has 1 aliphatic heterocycles. The first-order chi connectivity index (χ1) is 10.1. The Kier molecular flexibility index (Phi) is 7.27. The van der Waals surface area contributed by atoms with Crippen molar-refractivity contribution in [3.05, 3.63) is 35.6 Å². The highest BCUT2D eigenvalue weighted by Crippen LogP contribution is 2.10. The molecule has 0 saturated carbocycles. The molecular formula is C15H21ClFN3O2. The lowest BCUT2D eigenvalue weighted by molar-refractivity contribution is -0.138. The summed E-state index contributed by atoms with van der Waals surface area (Å²) in [5, 5.41) is 2.82. The molecule has 1 aromatic rings. The summed E-state index contributed by atoms with van der Waals surface area (Å²) in [5.74, 6) is -0.409. The molecule has 0 radical (unpaired) electrons. The largest absolute Gasteiger partial charge is 0.339 e. The highest BCUT2D eigenvalue weighted by atomic mass is 35.5. The fourth-order valence-electron chi connectivity index (χ4n) is 2.38. The number of hydrogen-bond acceptors (Lipinski definition) is 3. The van der Waals surface area contributed by atoms with Crippen LogP contribution in [0.1, 0.15) is 5.56 Å². The van der Waals surface area contributed by atoms with E-state index in [1.54, 1.807) is 35.0 Å². The van der Waals surface area contributed by atoms with Crippen LogP contribution in [-0.2, 0) is 16.0 Å². The lowest BCUT2D eigenvalue weighted by Crippen LogP contribution is -2.52. The van der Waals surface area contributed by atoms with Gasteiger partial charge in [0.1, 0.15) is 5.82 Å². The average molecular weight is 330 g/mol. The monoisotopic (exact) mass is 329 g/mol. The van der Waals surface area contributed by atoms with Gasteiger partial charge >= 0.3 is 0 Å². The zero-order chi connectivity index (χ0) is 15.2. The van der Waals surface area contributed by atoms with Crippen molar-refractivity contribution in [2.24, 2.45) is 0 Å². The van der Waals surface area contributed by atoms with E-state index in [0.29, 0.717) is 38.3 Å². The molecule has 1 N–H and O–H groups in total. The minimum Gasteiger partial charge on any atom is -0.339 e. The quantitative estimate of drug-likeness (QED) is 0.884. The third-order valence-electron chi connectivity index (χ3n) is 3.61. The van der Waals surface area contributed by atoms with Crippen LogP contribution < -0.4 is 5.32 Å². The molecule has 0 atom stereocenters. The Morgan fingerprint density at radius 2 is 1.64 bits per heavy atom. The van der Waals surface area contributed by atoms with E-state index in [1.165, 1.54) is 6.07 Å². The van der Waals surface area contributed by atoms with E-state index in [1.807, 2.05) is 0 Å². The number of likely N-dealkylation sites (N-methyl/N-ethyl adjacent to an activating group) is 1. The van der Waals surface area contributed by atoms with Gasteiger partial charge in [0, 0.05) is 26.2 Å². The zero-order valence-corrected chi connectivity index (χ0v) is 13.4. The van der Waals surface area contributed by atoms with E-state index in [-0.39, 0.29) is 36.5 Å². The molecule has 22 heavy (non-hydrogen) atoms. The minimum atomic E-state index is -0.353. The predicted molar refractivity (Wildman–Crippen MR) is 84.4 cm³/mol. The second-order valence-electron chi connectivity index (χ2n) is 5.06. The van der Waals surface area contributed by atoms with Crippen LogP contribution in [-0.4, -0.2) is 61.4 Å². The van der Waals surface area contributed by atoms with Crippen LogP contribution in [0.2, 0.25) is 0 Å². The smallest absolute Gasteiger partial charge is 0.236 e. The van der Waals surface area contributed by atoms with Crippen molar-refractivity contribution in [2.75, 3.05) is 39.8 Å². The summed E-state index contributed by atoms with van der Waals surface area (Å²) in [6.07, 6.45) is 0.0666. The number of rotatable bonds is 4. The number of nitrogens with one attached hydrogen (secondary N) is 1. The fraction of sp³-hybridized carbons (Fsp3) is 0.467. The van der Waals surface area contributed by atoms with Crippen LogP contribution in [0.25, 0.3) is 0 Å². The number of carbonyl (C=O) groups is 2. The molecule has 2 amide bonds. The summed E-state index contributed by atoms with van der Waals surface area (Å²) < 4.78 is 13.5. The van der Waals surface area contributed by atoms with E-state index in [4.69, 9.17) is 0 Å². The average Bonchev–Trinajstić information content (AvgIpc) is 2.50. The Balaban J connectivity index is 0.00000242. The summed E-state index contributed by atoms with van der Waals surface area (Å²) in [6, 6.07) is 6.31. The molecule has 0 bridgehead atoms. The van der Waals surface area contributed by atoms with Gasteiger partial charge < -0.3 is 15.1 Å². The number of hydrogen-bond donors (Lipinski definition) is 1. The van der Waals surface area contributed by atoms with Gasteiger partial charge in [0.25, 0.3) is 0 Å². The standard InChI is InChI=1S/C15H20FN3O2.ClH/c1-17-11-15(21)19-8-6-18(7-9-19)14(20)10-12-4-2-3-5-13(12)16;/h2-5,17H,6-11H2,1H3;1H. The molecule has 1 aromatic carbocycles. The molecule has 0 aliphatic carbocycles. The van der Waals surface area contributed by atoms with Crippen LogP contribution in [0, 0.1) is 5.82 Å². The van der Waals surface area contributed by atoms with Crippen LogP contribution in [0.5, 0.6) is 0 Å². The summed E-state index contributed by atoms with van der Waals surface area (Å²) in [4.78, 5) is 27.3. The van der Waals surface area contributed by atoms with Gasteiger partial charge in [0.15, 0.2) is 0 Å². The van der Waals surface area contributed by atoms with E-state index in [9.17, 15) is 14.0 Å². The van der Waals surface area contributed by atoms with Gasteiger partial charge in [-0.1, -0.05) is 18.2 Å². The highest BCUT2D eigenvalue weighted by molar-refractivity contribution is 5.85. The summed E-state index contributed by atoms with van der Waals surface area (Å²) in [7, 11) is 1.73. The lowest BCUT2D eigenvalue weighted by Gasteiger charge is -2.34. The van der Waals surface area contributed by atoms with Gasteiger partial charge in [-0.2, -0.15) is 0 Å². The number of benzene rings is 1. The maximum absolute atomic E-state index is 13.5. The molecule has 1 fully saturated rings. The van der Waals surface area contributed by atoms with E-state index < -0.39 is 0 Å². The topological polar surface area (TPSA) is 52.7 Å². The number of piperazine rings is 1. The Labute approximate surface area is 135 Å². The third-order valence-corrected chi connectivity index (χ3v) is 3.61. The third kappa shape index (κ3) is 4.68.